The Hall–Kier alpha value is -3.50. The van der Waals surface area contributed by atoms with Crippen LogP contribution in [0.15, 0.2) is 63.6 Å². The number of azo groups is 1. The number of H-pyrrole nitrogens is 1. The minimum Gasteiger partial charge on any atom is -0.497 e. The normalized spacial score (nSPS) is 16.0. The van der Waals surface area contributed by atoms with Gasteiger partial charge in [0.05, 0.1) is 17.3 Å². The number of ether oxygens (including phenoxy) is 1. The number of nitriles is 1. The second kappa shape index (κ2) is 7.62. The van der Waals surface area contributed by atoms with Crippen molar-refractivity contribution in [1.29, 1.82) is 5.26 Å². The SMILES string of the molecule is COc1ccc(N=N/C(C#N)=c2\[nH]c(=O)/c(=C3/CCc4ccccc43)s2)cc1. The zero-order valence-corrected chi connectivity index (χ0v) is 15.9. The molecule has 3 aromatic rings. The Kier molecular flexibility index (Phi) is 4.87. The molecule has 1 N–H and O–H groups in total. The van der Waals surface area contributed by atoms with Gasteiger partial charge < -0.3 is 9.72 Å². The number of thiazole rings is 1. The van der Waals surface area contributed by atoms with Gasteiger partial charge in [0.25, 0.3) is 5.56 Å². The summed E-state index contributed by atoms with van der Waals surface area (Å²) in [6, 6.07) is 17.1. The number of aryl methyl sites for hydroxylation is 1. The van der Waals surface area contributed by atoms with Gasteiger partial charge in [-0.05, 0) is 53.8 Å². The molecule has 6 nitrogen and oxygen atoms in total. The molecule has 1 aromatic heterocycles. The number of aromatic nitrogens is 1. The van der Waals surface area contributed by atoms with E-state index in [9.17, 15) is 10.1 Å². The van der Waals surface area contributed by atoms with Gasteiger partial charge in [0.1, 0.15) is 16.5 Å². The quantitative estimate of drug-likeness (QED) is 0.699. The molecular formula is C21H16N4O2S. The van der Waals surface area contributed by atoms with Crippen LogP contribution in [0.2, 0.25) is 0 Å². The Bertz CT molecular complexity index is 1280. The number of aromatic amines is 1. The van der Waals surface area contributed by atoms with Crippen LogP contribution >= 0.6 is 11.3 Å². The summed E-state index contributed by atoms with van der Waals surface area (Å²) in [5.74, 6) is 0.713. The van der Waals surface area contributed by atoms with Gasteiger partial charge in [-0.25, -0.2) is 0 Å². The molecule has 4 rings (SSSR count). The van der Waals surface area contributed by atoms with Crippen LogP contribution in [0.4, 0.5) is 5.69 Å². The van der Waals surface area contributed by atoms with Crippen molar-refractivity contribution >= 4 is 28.3 Å². The van der Waals surface area contributed by atoms with Crippen LogP contribution in [0.25, 0.3) is 11.3 Å². The Balaban J connectivity index is 1.78. The molecule has 1 aliphatic carbocycles. The van der Waals surface area contributed by atoms with Crippen molar-refractivity contribution in [1.82, 2.24) is 4.98 Å². The van der Waals surface area contributed by atoms with Crippen molar-refractivity contribution in [2.75, 3.05) is 7.11 Å². The maximum absolute atomic E-state index is 12.5. The summed E-state index contributed by atoms with van der Waals surface area (Å²) in [6.07, 6.45) is 1.74. The molecule has 0 atom stereocenters. The van der Waals surface area contributed by atoms with E-state index in [1.807, 2.05) is 24.3 Å². The van der Waals surface area contributed by atoms with Gasteiger partial charge in [-0.3, -0.25) is 4.79 Å². The predicted octanol–water partition coefficient (Wildman–Crippen LogP) is 3.01. The maximum Gasteiger partial charge on any atom is 0.266 e. The molecule has 138 valence electrons. The summed E-state index contributed by atoms with van der Waals surface area (Å²) in [4.78, 5) is 15.3. The van der Waals surface area contributed by atoms with Crippen LogP contribution in [-0.2, 0) is 6.42 Å². The fourth-order valence-electron chi connectivity index (χ4n) is 3.18. The third-order valence-corrected chi connectivity index (χ3v) is 5.69. The zero-order valence-electron chi connectivity index (χ0n) is 15.1. The molecule has 7 heteroatoms. The first kappa shape index (κ1) is 17.9. The molecule has 28 heavy (non-hydrogen) atoms. The van der Waals surface area contributed by atoms with Gasteiger partial charge in [0.2, 0.25) is 0 Å². The third kappa shape index (κ3) is 3.38. The van der Waals surface area contributed by atoms with E-state index in [1.165, 1.54) is 16.9 Å². The molecule has 2 aromatic carbocycles. The predicted molar refractivity (Wildman–Crippen MR) is 108 cm³/mol. The Morgan fingerprint density at radius 3 is 2.71 bits per heavy atom. The lowest BCUT2D eigenvalue weighted by atomic mass is 10.1. The fourth-order valence-corrected chi connectivity index (χ4v) is 4.19. The lowest BCUT2D eigenvalue weighted by Crippen LogP contribution is -2.22. The van der Waals surface area contributed by atoms with E-state index in [1.54, 1.807) is 31.4 Å². The summed E-state index contributed by atoms with van der Waals surface area (Å²) in [5, 5.41) is 17.6. The Morgan fingerprint density at radius 1 is 1.18 bits per heavy atom. The molecule has 0 bridgehead atoms. The van der Waals surface area contributed by atoms with Crippen molar-refractivity contribution < 1.29 is 4.74 Å². The highest BCUT2D eigenvalue weighted by atomic mass is 32.1. The van der Waals surface area contributed by atoms with E-state index < -0.39 is 0 Å². The van der Waals surface area contributed by atoms with E-state index in [0.29, 0.717) is 20.6 Å². The molecule has 0 amide bonds. The lowest BCUT2D eigenvalue weighted by Gasteiger charge is -1.97. The standard InChI is InChI=1S/C21H16N4O2S/c1-27-15-9-7-14(8-10-15)24-25-18(12-22)21-23-20(26)19(28-21)17-11-6-13-4-2-3-5-16(13)17/h2-5,7-10H,6,11H2,1H3,(H,23,26)/b19-17+,21-18+,25-24?. The molecule has 1 aliphatic rings. The van der Waals surface area contributed by atoms with Crippen LogP contribution in [0.5, 0.6) is 5.75 Å². The summed E-state index contributed by atoms with van der Waals surface area (Å²) in [5.41, 5.74) is 3.86. The molecule has 1 heterocycles. The second-order valence-corrected chi connectivity index (χ2v) is 7.23. The van der Waals surface area contributed by atoms with Crippen molar-refractivity contribution in [3.63, 3.8) is 0 Å². The van der Waals surface area contributed by atoms with Crippen LogP contribution in [0, 0.1) is 11.3 Å². The monoisotopic (exact) mass is 388 g/mol. The maximum atomic E-state index is 12.5. The highest BCUT2D eigenvalue weighted by molar-refractivity contribution is 7.07. The topological polar surface area (TPSA) is 90.6 Å². The number of nitrogens with zero attached hydrogens (tertiary/aromatic N) is 3. The number of hydrogen-bond acceptors (Lipinski definition) is 6. The molecule has 0 radical (unpaired) electrons. The van der Waals surface area contributed by atoms with Gasteiger partial charge in [0, 0.05) is 0 Å². The lowest BCUT2D eigenvalue weighted by molar-refractivity contribution is 0.415. The summed E-state index contributed by atoms with van der Waals surface area (Å²) in [6.45, 7) is 0. The number of fused-ring (bicyclic) bond motifs is 1. The van der Waals surface area contributed by atoms with Gasteiger partial charge in [-0.2, -0.15) is 5.26 Å². The number of rotatable bonds is 3. The average Bonchev–Trinajstić information content (AvgIpc) is 3.32. The smallest absolute Gasteiger partial charge is 0.266 e. The third-order valence-electron chi connectivity index (χ3n) is 4.56. The fraction of sp³-hybridized carbons (Fsp3) is 0.143. The first-order valence-electron chi connectivity index (χ1n) is 8.70. The number of methoxy groups -OCH3 is 1. The van der Waals surface area contributed by atoms with E-state index in [-0.39, 0.29) is 11.3 Å². The van der Waals surface area contributed by atoms with Gasteiger partial charge >= 0.3 is 0 Å². The summed E-state index contributed by atoms with van der Waals surface area (Å²) < 4.78 is 6.15. The van der Waals surface area contributed by atoms with Crippen LogP contribution < -0.4 is 19.5 Å². The minimum atomic E-state index is -0.195. The number of nitrogens with one attached hydrogen (secondary N) is 1. The Morgan fingerprint density at radius 2 is 1.96 bits per heavy atom. The van der Waals surface area contributed by atoms with Gasteiger partial charge in [-0.1, -0.05) is 24.3 Å². The van der Waals surface area contributed by atoms with E-state index in [2.05, 4.69) is 21.3 Å². The van der Waals surface area contributed by atoms with Crippen molar-refractivity contribution in [3.05, 3.63) is 79.2 Å². The van der Waals surface area contributed by atoms with Crippen molar-refractivity contribution in [3.8, 4) is 11.8 Å². The second-order valence-electron chi connectivity index (χ2n) is 6.21. The molecule has 0 aliphatic heterocycles. The summed E-state index contributed by atoms with van der Waals surface area (Å²) in [7, 11) is 1.59. The number of benzene rings is 2. The van der Waals surface area contributed by atoms with Crippen LogP contribution in [0.1, 0.15) is 17.5 Å². The zero-order chi connectivity index (χ0) is 19.5. The molecule has 0 fully saturated rings. The first-order chi connectivity index (χ1) is 13.7. The minimum absolute atomic E-state index is 0.0797. The molecule has 0 spiro atoms. The van der Waals surface area contributed by atoms with E-state index in [4.69, 9.17) is 4.74 Å². The highest BCUT2D eigenvalue weighted by Gasteiger charge is 2.18. The summed E-state index contributed by atoms with van der Waals surface area (Å²) >= 11 is 1.26. The molecular weight excluding hydrogens is 372 g/mol. The van der Waals surface area contributed by atoms with Gasteiger partial charge in [-0.15, -0.1) is 21.6 Å². The van der Waals surface area contributed by atoms with Crippen LogP contribution in [-0.4, -0.2) is 12.1 Å². The number of hydrogen-bond donors (Lipinski definition) is 1. The first-order valence-corrected chi connectivity index (χ1v) is 9.52. The average molecular weight is 388 g/mol. The molecule has 0 unspecified atom stereocenters. The highest BCUT2D eigenvalue weighted by Crippen LogP contribution is 2.29. The molecule has 0 saturated heterocycles. The van der Waals surface area contributed by atoms with Crippen molar-refractivity contribution in [2.24, 2.45) is 10.2 Å². The van der Waals surface area contributed by atoms with E-state index in [0.717, 1.165) is 24.0 Å². The van der Waals surface area contributed by atoms with Crippen molar-refractivity contribution in [2.45, 2.75) is 12.8 Å². The molecule has 0 saturated carbocycles. The van der Waals surface area contributed by atoms with E-state index >= 15 is 0 Å². The largest absolute Gasteiger partial charge is 0.497 e. The van der Waals surface area contributed by atoms with Gasteiger partial charge in [0.15, 0.2) is 5.70 Å². The Labute approximate surface area is 164 Å². The van der Waals surface area contributed by atoms with Crippen LogP contribution in [0.3, 0.4) is 0 Å².